The van der Waals surface area contributed by atoms with Gasteiger partial charge in [0.2, 0.25) is 12.7 Å². The third-order valence-electron chi connectivity index (χ3n) is 3.63. The smallest absolute Gasteiger partial charge is 0.355 e. The van der Waals surface area contributed by atoms with Crippen LogP contribution in [0.4, 0.5) is 5.69 Å². The minimum atomic E-state index is -0.820. The summed E-state index contributed by atoms with van der Waals surface area (Å²) in [6, 6.07) is 13.9. The SMILES string of the molecule is CC(=O)N/C(=C\c1ccccc1)C(=O)OCC(=O)Nc1ccc2c(c1)OCO2. The average molecular weight is 382 g/mol. The summed E-state index contributed by atoms with van der Waals surface area (Å²) in [5, 5.41) is 5.01. The molecular formula is C20H18N2O6. The monoisotopic (exact) mass is 382 g/mol. The number of benzene rings is 2. The Morgan fingerprint density at radius 2 is 1.82 bits per heavy atom. The van der Waals surface area contributed by atoms with Gasteiger partial charge in [0.1, 0.15) is 5.70 Å². The minimum Gasteiger partial charge on any atom is -0.454 e. The van der Waals surface area contributed by atoms with E-state index in [1.165, 1.54) is 13.0 Å². The van der Waals surface area contributed by atoms with Crippen LogP contribution in [0.2, 0.25) is 0 Å². The molecule has 0 atom stereocenters. The molecule has 1 heterocycles. The molecule has 2 aromatic carbocycles. The summed E-state index contributed by atoms with van der Waals surface area (Å²) in [7, 11) is 0. The maximum Gasteiger partial charge on any atom is 0.355 e. The normalized spacial score (nSPS) is 12.2. The van der Waals surface area contributed by atoms with E-state index >= 15 is 0 Å². The molecule has 0 aliphatic carbocycles. The molecule has 0 bridgehead atoms. The van der Waals surface area contributed by atoms with Crippen LogP contribution in [0.3, 0.4) is 0 Å². The largest absolute Gasteiger partial charge is 0.454 e. The van der Waals surface area contributed by atoms with Gasteiger partial charge in [-0.05, 0) is 23.8 Å². The predicted molar refractivity (Wildman–Crippen MR) is 100 cm³/mol. The Balaban J connectivity index is 1.59. The fourth-order valence-electron chi connectivity index (χ4n) is 2.43. The Bertz CT molecular complexity index is 924. The number of nitrogens with one attached hydrogen (secondary N) is 2. The predicted octanol–water partition coefficient (Wildman–Crippen LogP) is 2.07. The van der Waals surface area contributed by atoms with E-state index in [9.17, 15) is 14.4 Å². The van der Waals surface area contributed by atoms with E-state index in [-0.39, 0.29) is 12.5 Å². The van der Waals surface area contributed by atoms with E-state index in [0.29, 0.717) is 22.7 Å². The zero-order valence-corrected chi connectivity index (χ0v) is 15.1. The van der Waals surface area contributed by atoms with E-state index in [1.54, 1.807) is 42.5 Å². The van der Waals surface area contributed by atoms with Crippen molar-refractivity contribution in [3.63, 3.8) is 0 Å². The van der Waals surface area contributed by atoms with Crippen molar-refractivity contribution >= 4 is 29.5 Å². The Kier molecular flexibility index (Phi) is 5.91. The Morgan fingerprint density at radius 1 is 1.07 bits per heavy atom. The number of hydrogen-bond acceptors (Lipinski definition) is 6. The molecule has 0 saturated carbocycles. The lowest BCUT2D eigenvalue weighted by Crippen LogP contribution is -2.28. The number of fused-ring (bicyclic) bond motifs is 1. The van der Waals surface area contributed by atoms with E-state index in [4.69, 9.17) is 14.2 Å². The number of carbonyl (C=O) groups excluding carboxylic acids is 3. The van der Waals surface area contributed by atoms with Crippen molar-refractivity contribution in [3.05, 3.63) is 59.8 Å². The van der Waals surface area contributed by atoms with Gasteiger partial charge >= 0.3 is 5.97 Å². The molecule has 0 aromatic heterocycles. The molecule has 2 N–H and O–H groups in total. The van der Waals surface area contributed by atoms with Crippen LogP contribution >= 0.6 is 0 Å². The van der Waals surface area contributed by atoms with Gasteiger partial charge in [0.05, 0.1) is 0 Å². The zero-order valence-electron chi connectivity index (χ0n) is 15.1. The van der Waals surface area contributed by atoms with Gasteiger partial charge < -0.3 is 24.8 Å². The van der Waals surface area contributed by atoms with Crippen molar-refractivity contribution in [1.29, 1.82) is 0 Å². The first-order valence-corrected chi connectivity index (χ1v) is 8.42. The topological polar surface area (TPSA) is 103 Å². The highest BCUT2D eigenvalue weighted by molar-refractivity contribution is 5.99. The van der Waals surface area contributed by atoms with Gasteiger partial charge in [-0.1, -0.05) is 30.3 Å². The van der Waals surface area contributed by atoms with Crippen LogP contribution in [-0.2, 0) is 19.1 Å². The lowest BCUT2D eigenvalue weighted by molar-refractivity contribution is -0.144. The van der Waals surface area contributed by atoms with Crippen LogP contribution in [0.5, 0.6) is 11.5 Å². The highest BCUT2D eigenvalue weighted by atomic mass is 16.7. The zero-order chi connectivity index (χ0) is 19.9. The average Bonchev–Trinajstić information content (AvgIpc) is 3.14. The molecule has 2 aromatic rings. The standard InChI is InChI=1S/C20H18N2O6/c1-13(23)21-16(9-14-5-3-2-4-6-14)20(25)26-11-19(24)22-15-7-8-17-18(10-15)28-12-27-17/h2-10H,11-12H2,1H3,(H,21,23)(H,22,24)/b16-9-. The summed E-state index contributed by atoms with van der Waals surface area (Å²) < 4.78 is 15.5. The third-order valence-corrected chi connectivity index (χ3v) is 3.63. The van der Waals surface area contributed by atoms with E-state index in [2.05, 4.69) is 10.6 Å². The van der Waals surface area contributed by atoms with Gasteiger partial charge in [-0.25, -0.2) is 4.79 Å². The molecule has 3 rings (SSSR count). The molecule has 0 fully saturated rings. The Morgan fingerprint density at radius 3 is 2.57 bits per heavy atom. The second-order valence-corrected chi connectivity index (χ2v) is 5.84. The number of esters is 1. The lowest BCUT2D eigenvalue weighted by Gasteiger charge is -2.10. The van der Waals surface area contributed by atoms with Crippen molar-refractivity contribution in [3.8, 4) is 11.5 Å². The van der Waals surface area contributed by atoms with Crippen molar-refractivity contribution in [2.24, 2.45) is 0 Å². The van der Waals surface area contributed by atoms with Crippen LogP contribution in [0, 0.1) is 0 Å². The van der Waals surface area contributed by atoms with Gasteiger partial charge in [-0.3, -0.25) is 9.59 Å². The quantitative estimate of drug-likeness (QED) is 0.586. The molecule has 144 valence electrons. The molecule has 8 nitrogen and oxygen atoms in total. The summed E-state index contributed by atoms with van der Waals surface area (Å²) in [5.74, 6) is -0.665. The van der Waals surface area contributed by atoms with Crippen LogP contribution in [0.15, 0.2) is 54.2 Å². The molecule has 0 unspecified atom stereocenters. The molecule has 28 heavy (non-hydrogen) atoms. The van der Waals surface area contributed by atoms with Crippen molar-refractivity contribution in [2.45, 2.75) is 6.92 Å². The second kappa shape index (κ2) is 8.72. The molecule has 2 amide bonds. The molecular weight excluding hydrogens is 364 g/mol. The van der Waals surface area contributed by atoms with Crippen LogP contribution in [0.1, 0.15) is 12.5 Å². The van der Waals surface area contributed by atoms with Gasteiger partial charge in [0, 0.05) is 18.7 Å². The van der Waals surface area contributed by atoms with E-state index in [1.807, 2.05) is 6.07 Å². The van der Waals surface area contributed by atoms with Crippen LogP contribution in [-0.4, -0.2) is 31.2 Å². The molecule has 0 spiro atoms. The summed E-state index contributed by atoms with van der Waals surface area (Å²) >= 11 is 0. The van der Waals surface area contributed by atoms with E-state index in [0.717, 1.165) is 0 Å². The van der Waals surface area contributed by atoms with E-state index < -0.39 is 24.4 Å². The fourth-order valence-corrected chi connectivity index (χ4v) is 2.43. The Hall–Kier alpha value is -3.81. The first-order valence-electron chi connectivity index (χ1n) is 8.42. The molecule has 8 heteroatoms. The number of hydrogen-bond donors (Lipinski definition) is 2. The maximum absolute atomic E-state index is 12.3. The van der Waals surface area contributed by atoms with Gasteiger partial charge in [-0.2, -0.15) is 0 Å². The number of amides is 2. The van der Waals surface area contributed by atoms with Gasteiger partial charge in [0.15, 0.2) is 18.1 Å². The number of carbonyl (C=O) groups is 3. The maximum atomic E-state index is 12.3. The number of rotatable bonds is 6. The third kappa shape index (κ3) is 5.10. The molecule has 0 saturated heterocycles. The summed E-state index contributed by atoms with van der Waals surface area (Å²) in [6.07, 6.45) is 1.47. The van der Waals surface area contributed by atoms with Crippen molar-refractivity contribution in [1.82, 2.24) is 5.32 Å². The number of anilines is 1. The summed E-state index contributed by atoms with van der Waals surface area (Å²) in [4.78, 5) is 35.7. The van der Waals surface area contributed by atoms with Gasteiger partial charge in [-0.15, -0.1) is 0 Å². The molecule has 1 aliphatic rings. The van der Waals surface area contributed by atoms with Crippen molar-refractivity contribution in [2.75, 3.05) is 18.7 Å². The Labute approximate surface area is 161 Å². The first-order chi connectivity index (χ1) is 13.5. The highest BCUT2D eigenvalue weighted by Crippen LogP contribution is 2.34. The van der Waals surface area contributed by atoms with Crippen molar-refractivity contribution < 1.29 is 28.6 Å². The second-order valence-electron chi connectivity index (χ2n) is 5.84. The molecule has 1 aliphatic heterocycles. The highest BCUT2D eigenvalue weighted by Gasteiger charge is 2.17. The fraction of sp³-hybridized carbons (Fsp3) is 0.150. The van der Waals surface area contributed by atoms with Crippen LogP contribution in [0.25, 0.3) is 6.08 Å². The molecule has 0 radical (unpaired) electrons. The minimum absolute atomic E-state index is 0.0606. The summed E-state index contributed by atoms with van der Waals surface area (Å²) in [5.41, 5.74) is 1.12. The lowest BCUT2D eigenvalue weighted by atomic mass is 10.2. The van der Waals surface area contributed by atoms with Crippen LogP contribution < -0.4 is 20.1 Å². The van der Waals surface area contributed by atoms with Gasteiger partial charge in [0.25, 0.3) is 5.91 Å². The summed E-state index contributed by atoms with van der Waals surface area (Å²) in [6.45, 7) is 0.890. The number of ether oxygens (including phenoxy) is 3. The first kappa shape index (κ1) is 19.0.